The predicted octanol–water partition coefficient (Wildman–Crippen LogP) is 0.848. The number of carbonyl (C=O) groups excluding carboxylic acids is 1. The first-order valence-corrected chi connectivity index (χ1v) is 7.33. The Kier molecular flexibility index (Phi) is 5.41. The number of hydrogen-bond acceptors (Lipinski definition) is 3. The number of rotatable bonds is 6. The van der Waals surface area contributed by atoms with Crippen molar-refractivity contribution in [2.45, 2.75) is 32.3 Å². The third-order valence-corrected chi connectivity index (χ3v) is 3.73. The van der Waals surface area contributed by atoms with Crippen molar-refractivity contribution in [1.82, 2.24) is 0 Å². The van der Waals surface area contributed by atoms with Gasteiger partial charge in [-0.05, 0) is 24.6 Å². The molecule has 1 atom stereocenters. The SMILES string of the molecule is COc1ccc(CC(=O)O[C@@H](C)C[NH+]2CCCC2)cc1. The molecule has 1 aliphatic rings. The van der Waals surface area contributed by atoms with Crippen molar-refractivity contribution < 1.29 is 19.2 Å². The molecule has 0 spiro atoms. The van der Waals surface area contributed by atoms with Crippen LogP contribution in [0.4, 0.5) is 0 Å². The van der Waals surface area contributed by atoms with Gasteiger partial charge in [0.1, 0.15) is 18.4 Å². The molecule has 1 saturated heterocycles. The Balaban J connectivity index is 1.75. The van der Waals surface area contributed by atoms with Gasteiger partial charge in [-0.2, -0.15) is 0 Å². The van der Waals surface area contributed by atoms with E-state index in [2.05, 4.69) is 0 Å². The van der Waals surface area contributed by atoms with Gasteiger partial charge in [0.25, 0.3) is 0 Å². The van der Waals surface area contributed by atoms with Crippen molar-refractivity contribution >= 4 is 5.97 Å². The molecule has 0 aliphatic carbocycles. The Bertz CT molecular complexity index is 424. The summed E-state index contributed by atoms with van der Waals surface area (Å²) in [6, 6.07) is 7.52. The van der Waals surface area contributed by atoms with Crippen LogP contribution in [0.25, 0.3) is 0 Å². The van der Waals surface area contributed by atoms with E-state index in [1.54, 1.807) is 12.0 Å². The third-order valence-electron chi connectivity index (χ3n) is 3.73. The van der Waals surface area contributed by atoms with E-state index in [-0.39, 0.29) is 12.1 Å². The summed E-state index contributed by atoms with van der Waals surface area (Å²) in [7, 11) is 1.63. The van der Waals surface area contributed by atoms with Crippen LogP contribution in [0.15, 0.2) is 24.3 Å². The molecule has 110 valence electrons. The largest absolute Gasteiger partial charge is 0.497 e. The number of esters is 1. The second-order valence-electron chi connectivity index (χ2n) is 5.49. The molecule has 4 heteroatoms. The molecule has 0 amide bonds. The molecule has 20 heavy (non-hydrogen) atoms. The minimum atomic E-state index is -0.152. The van der Waals surface area contributed by atoms with Gasteiger partial charge in [0.05, 0.1) is 26.6 Å². The van der Waals surface area contributed by atoms with Crippen LogP contribution >= 0.6 is 0 Å². The number of quaternary nitrogens is 1. The Labute approximate surface area is 120 Å². The Morgan fingerprint density at radius 1 is 1.25 bits per heavy atom. The number of benzene rings is 1. The van der Waals surface area contributed by atoms with E-state index >= 15 is 0 Å². The standard InChI is InChI=1S/C16H23NO3/c1-13(12-17-9-3-4-10-17)20-16(18)11-14-5-7-15(19-2)8-6-14/h5-8,13H,3-4,9-12H2,1-2H3/p+1/t13-/m0/s1. The molecule has 1 aromatic carbocycles. The first-order chi connectivity index (χ1) is 9.67. The fourth-order valence-corrected chi connectivity index (χ4v) is 2.70. The van der Waals surface area contributed by atoms with Crippen molar-refractivity contribution in [3.63, 3.8) is 0 Å². The van der Waals surface area contributed by atoms with E-state index in [4.69, 9.17) is 9.47 Å². The number of ether oxygens (including phenoxy) is 2. The highest BCUT2D eigenvalue weighted by Crippen LogP contribution is 2.12. The maximum Gasteiger partial charge on any atom is 0.310 e. The van der Waals surface area contributed by atoms with Gasteiger partial charge in [-0.15, -0.1) is 0 Å². The molecule has 0 radical (unpaired) electrons. The summed E-state index contributed by atoms with van der Waals surface area (Å²) >= 11 is 0. The van der Waals surface area contributed by atoms with E-state index < -0.39 is 0 Å². The van der Waals surface area contributed by atoms with Gasteiger partial charge in [0.2, 0.25) is 0 Å². The van der Waals surface area contributed by atoms with Gasteiger partial charge in [-0.3, -0.25) is 4.79 Å². The smallest absolute Gasteiger partial charge is 0.310 e. The van der Waals surface area contributed by atoms with Gasteiger partial charge >= 0.3 is 5.97 Å². The van der Waals surface area contributed by atoms with Crippen molar-refractivity contribution in [3.05, 3.63) is 29.8 Å². The maximum absolute atomic E-state index is 11.9. The quantitative estimate of drug-likeness (QED) is 0.784. The lowest BCUT2D eigenvalue weighted by molar-refractivity contribution is -0.890. The molecule has 1 fully saturated rings. The predicted molar refractivity (Wildman–Crippen MR) is 77.0 cm³/mol. The highest BCUT2D eigenvalue weighted by molar-refractivity contribution is 5.72. The number of nitrogens with one attached hydrogen (secondary N) is 1. The summed E-state index contributed by atoms with van der Waals surface area (Å²) in [6.45, 7) is 5.33. The van der Waals surface area contributed by atoms with Gasteiger partial charge in [0.15, 0.2) is 0 Å². The number of carbonyl (C=O) groups is 1. The van der Waals surface area contributed by atoms with Crippen LogP contribution in [-0.4, -0.2) is 38.8 Å². The summed E-state index contributed by atoms with van der Waals surface area (Å²) < 4.78 is 10.6. The number of likely N-dealkylation sites (tertiary alicyclic amines) is 1. The second-order valence-corrected chi connectivity index (χ2v) is 5.49. The minimum absolute atomic E-state index is 0.00570. The molecule has 1 aromatic rings. The average molecular weight is 278 g/mol. The highest BCUT2D eigenvalue weighted by Gasteiger charge is 2.20. The van der Waals surface area contributed by atoms with E-state index in [9.17, 15) is 4.79 Å². The van der Waals surface area contributed by atoms with Crippen LogP contribution in [0.5, 0.6) is 5.75 Å². The molecule has 1 N–H and O–H groups in total. The highest BCUT2D eigenvalue weighted by atomic mass is 16.5. The van der Waals surface area contributed by atoms with Crippen molar-refractivity contribution in [2.24, 2.45) is 0 Å². The van der Waals surface area contributed by atoms with Crippen LogP contribution in [-0.2, 0) is 16.0 Å². The molecule has 0 saturated carbocycles. The molecule has 0 aromatic heterocycles. The summed E-state index contributed by atoms with van der Waals surface area (Å²) in [6.07, 6.45) is 2.90. The van der Waals surface area contributed by atoms with Gasteiger partial charge in [-0.25, -0.2) is 0 Å². The first-order valence-electron chi connectivity index (χ1n) is 7.33. The lowest BCUT2D eigenvalue weighted by atomic mass is 10.1. The van der Waals surface area contributed by atoms with Crippen LogP contribution in [0.1, 0.15) is 25.3 Å². The molecular weight excluding hydrogens is 254 g/mol. The summed E-state index contributed by atoms with van der Waals surface area (Å²) in [4.78, 5) is 13.4. The first kappa shape index (κ1) is 14.9. The van der Waals surface area contributed by atoms with Gasteiger partial charge in [0, 0.05) is 12.8 Å². The van der Waals surface area contributed by atoms with E-state index in [1.807, 2.05) is 31.2 Å². The fourth-order valence-electron chi connectivity index (χ4n) is 2.70. The molecule has 1 aliphatic heterocycles. The van der Waals surface area contributed by atoms with E-state index in [0.717, 1.165) is 17.9 Å². The molecule has 4 nitrogen and oxygen atoms in total. The minimum Gasteiger partial charge on any atom is -0.497 e. The van der Waals surface area contributed by atoms with E-state index in [0.29, 0.717) is 6.42 Å². The molecule has 0 unspecified atom stereocenters. The zero-order valence-electron chi connectivity index (χ0n) is 12.4. The summed E-state index contributed by atoms with van der Waals surface area (Å²) in [5.74, 6) is 0.648. The number of hydrogen-bond donors (Lipinski definition) is 1. The Hall–Kier alpha value is -1.55. The average Bonchev–Trinajstić information content (AvgIpc) is 2.92. The maximum atomic E-state index is 11.9. The monoisotopic (exact) mass is 278 g/mol. The van der Waals surface area contributed by atoms with Gasteiger partial charge < -0.3 is 14.4 Å². The van der Waals surface area contributed by atoms with Crippen molar-refractivity contribution in [3.8, 4) is 5.75 Å². The molecule has 0 bridgehead atoms. The zero-order chi connectivity index (χ0) is 14.4. The topological polar surface area (TPSA) is 40.0 Å². The van der Waals surface area contributed by atoms with Crippen LogP contribution in [0.2, 0.25) is 0 Å². The molecular formula is C16H24NO3+. The van der Waals surface area contributed by atoms with Crippen LogP contribution < -0.4 is 9.64 Å². The van der Waals surface area contributed by atoms with Crippen molar-refractivity contribution in [1.29, 1.82) is 0 Å². The van der Waals surface area contributed by atoms with Crippen LogP contribution in [0, 0.1) is 0 Å². The van der Waals surface area contributed by atoms with Gasteiger partial charge in [-0.1, -0.05) is 12.1 Å². The lowest BCUT2D eigenvalue weighted by Crippen LogP contribution is -3.11. The fraction of sp³-hybridized carbons (Fsp3) is 0.562. The molecule has 1 heterocycles. The Morgan fingerprint density at radius 3 is 2.50 bits per heavy atom. The summed E-state index contributed by atoms with van der Waals surface area (Å²) in [5, 5.41) is 0. The van der Waals surface area contributed by atoms with Crippen molar-refractivity contribution in [2.75, 3.05) is 26.7 Å². The Morgan fingerprint density at radius 2 is 1.90 bits per heavy atom. The second kappa shape index (κ2) is 7.29. The lowest BCUT2D eigenvalue weighted by Gasteiger charge is -2.18. The van der Waals surface area contributed by atoms with Crippen LogP contribution in [0.3, 0.4) is 0 Å². The third kappa shape index (κ3) is 4.53. The number of methoxy groups -OCH3 is 1. The normalized spacial score (nSPS) is 16.9. The summed E-state index contributed by atoms with van der Waals surface area (Å²) in [5.41, 5.74) is 0.955. The van der Waals surface area contributed by atoms with E-state index in [1.165, 1.54) is 25.9 Å². The zero-order valence-corrected chi connectivity index (χ0v) is 12.4. The molecule has 2 rings (SSSR count).